The predicted molar refractivity (Wildman–Crippen MR) is 72.0 cm³/mol. The summed E-state index contributed by atoms with van der Waals surface area (Å²) in [5.41, 5.74) is -0.295. The van der Waals surface area contributed by atoms with Crippen LogP contribution in [0.15, 0.2) is 14.6 Å². The van der Waals surface area contributed by atoms with Crippen LogP contribution in [0.4, 0.5) is 5.82 Å². The molecule has 1 aliphatic rings. The van der Waals surface area contributed by atoms with Crippen LogP contribution in [0.3, 0.4) is 0 Å². The number of aromatic amines is 1. The first kappa shape index (κ1) is 13.1. The van der Waals surface area contributed by atoms with Gasteiger partial charge in [-0.25, -0.2) is 9.79 Å². The topological polar surface area (TPSA) is 67.2 Å². The summed E-state index contributed by atoms with van der Waals surface area (Å²) in [5, 5.41) is 0.360. The zero-order valence-electron chi connectivity index (χ0n) is 10.5. The summed E-state index contributed by atoms with van der Waals surface area (Å²) in [7, 11) is 0. The summed E-state index contributed by atoms with van der Waals surface area (Å²) in [6.07, 6.45) is 2.22. The summed E-state index contributed by atoms with van der Waals surface area (Å²) in [5.74, 6) is 1.01. The van der Waals surface area contributed by atoms with Gasteiger partial charge in [-0.2, -0.15) is 0 Å². The van der Waals surface area contributed by atoms with Crippen LogP contribution in [0.1, 0.15) is 32.3 Å². The zero-order chi connectivity index (χ0) is 13.3. The summed E-state index contributed by atoms with van der Waals surface area (Å²) >= 11 is 5.84. The number of rotatable bonds is 4. The number of hydrogen-bond acceptors (Lipinski definition) is 3. The summed E-state index contributed by atoms with van der Waals surface area (Å²) in [6.45, 7) is 4.83. The fourth-order valence-electron chi connectivity index (χ4n) is 2.05. The van der Waals surface area contributed by atoms with Crippen molar-refractivity contribution >= 4 is 22.6 Å². The van der Waals surface area contributed by atoms with Crippen molar-refractivity contribution in [2.45, 2.75) is 39.7 Å². The van der Waals surface area contributed by atoms with E-state index in [9.17, 15) is 9.59 Å². The molecule has 0 fully saturated rings. The van der Waals surface area contributed by atoms with Crippen LogP contribution >= 0.6 is 11.6 Å². The molecule has 0 aliphatic carbocycles. The van der Waals surface area contributed by atoms with Crippen molar-refractivity contribution in [2.24, 2.45) is 10.9 Å². The number of halogens is 1. The lowest BCUT2D eigenvalue weighted by atomic mass is 10.1. The molecule has 0 bridgehead atoms. The Balaban J connectivity index is 2.33. The molecule has 0 aromatic carbocycles. The van der Waals surface area contributed by atoms with Crippen LogP contribution in [-0.2, 0) is 13.0 Å². The Morgan fingerprint density at radius 1 is 1.44 bits per heavy atom. The number of H-pyrrole nitrogens is 1. The molecular weight excluding hydrogens is 254 g/mol. The molecule has 0 unspecified atom stereocenters. The second-order valence-electron chi connectivity index (χ2n) is 4.91. The summed E-state index contributed by atoms with van der Waals surface area (Å²) < 4.78 is 1.51. The Morgan fingerprint density at radius 2 is 2.17 bits per heavy atom. The second kappa shape index (κ2) is 5.10. The van der Waals surface area contributed by atoms with Crippen LogP contribution in [0, 0.1) is 5.92 Å². The molecule has 2 rings (SSSR count). The van der Waals surface area contributed by atoms with Crippen molar-refractivity contribution in [3.05, 3.63) is 26.4 Å². The first-order valence-electron chi connectivity index (χ1n) is 6.08. The minimum absolute atomic E-state index is 0.316. The molecule has 0 atom stereocenters. The first-order chi connectivity index (χ1) is 8.49. The minimum atomic E-state index is -0.405. The van der Waals surface area contributed by atoms with Gasteiger partial charge in [0.15, 0.2) is 0 Å². The molecule has 6 heteroatoms. The van der Waals surface area contributed by atoms with E-state index in [1.54, 1.807) is 0 Å². The van der Waals surface area contributed by atoms with E-state index in [1.165, 1.54) is 4.57 Å². The van der Waals surface area contributed by atoms with Gasteiger partial charge in [0.1, 0.15) is 11.0 Å². The number of nitrogens with zero attached hydrogens (tertiary/aromatic N) is 2. The van der Waals surface area contributed by atoms with Crippen molar-refractivity contribution < 1.29 is 0 Å². The molecule has 0 saturated carbocycles. The molecule has 0 amide bonds. The van der Waals surface area contributed by atoms with Crippen molar-refractivity contribution in [2.75, 3.05) is 0 Å². The average Bonchev–Trinajstić information content (AvgIpc) is 2.65. The Kier molecular flexibility index (Phi) is 3.71. The molecule has 18 heavy (non-hydrogen) atoms. The Morgan fingerprint density at radius 3 is 2.83 bits per heavy atom. The molecule has 98 valence electrons. The lowest BCUT2D eigenvalue weighted by Gasteiger charge is -2.10. The van der Waals surface area contributed by atoms with E-state index in [0.29, 0.717) is 35.4 Å². The SMILES string of the molecule is CC(C)CCCn1c2c(c(=O)[nH]c1=O)CC(Cl)=N2. The smallest absolute Gasteiger partial charge is 0.278 e. The van der Waals surface area contributed by atoms with Crippen LogP contribution in [-0.4, -0.2) is 14.7 Å². The summed E-state index contributed by atoms with van der Waals surface area (Å²) in [4.78, 5) is 29.8. The Labute approximate surface area is 110 Å². The zero-order valence-corrected chi connectivity index (χ0v) is 11.3. The van der Waals surface area contributed by atoms with Gasteiger partial charge in [0.25, 0.3) is 5.56 Å². The molecule has 0 spiro atoms. The van der Waals surface area contributed by atoms with Gasteiger partial charge in [-0.1, -0.05) is 25.4 Å². The number of aliphatic imine (C=N–C) groups is 1. The maximum atomic E-state index is 11.8. The van der Waals surface area contributed by atoms with Crippen molar-refractivity contribution in [3.8, 4) is 0 Å². The summed E-state index contributed by atoms with van der Waals surface area (Å²) in [6, 6.07) is 0. The average molecular weight is 270 g/mol. The molecule has 1 aliphatic heterocycles. The largest absolute Gasteiger partial charge is 0.329 e. The van der Waals surface area contributed by atoms with Crippen molar-refractivity contribution in [3.63, 3.8) is 0 Å². The molecule has 2 heterocycles. The molecular formula is C12H16ClN3O2. The van der Waals surface area contributed by atoms with Gasteiger partial charge < -0.3 is 0 Å². The highest BCUT2D eigenvalue weighted by Crippen LogP contribution is 2.23. The maximum absolute atomic E-state index is 11.8. The third-order valence-corrected chi connectivity index (χ3v) is 3.20. The van der Waals surface area contributed by atoms with Crippen molar-refractivity contribution in [1.29, 1.82) is 0 Å². The highest BCUT2D eigenvalue weighted by atomic mass is 35.5. The van der Waals surface area contributed by atoms with Crippen molar-refractivity contribution in [1.82, 2.24) is 9.55 Å². The van der Waals surface area contributed by atoms with Crippen LogP contribution < -0.4 is 11.2 Å². The van der Waals surface area contributed by atoms with Gasteiger partial charge in [0.2, 0.25) is 0 Å². The third kappa shape index (κ3) is 2.56. The minimum Gasteiger partial charge on any atom is -0.278 e. The van der Waals surface area contributed by atoms with E-state index in [1.807, 2.05) is 0 Å². The highest BCUT2D eigenvalue weighted by Gasteiger charge is 2.21. The van der Waals surface area contributed by atoms with E-state index >= 15 is 0 Å². The standard InChI is InChI=1S/C12H16ClN3O2/c1-7(2)4-3-5-16-10-8(6-9(13)14-10)11(17)15-12(16)18/h7H,3-6H2,1-2H3,(H,15,17,18). The van der Waals surface area contributed by atoms with Gasteiger partial charge >= 0.3 is 5.69 Å². The van der Waals surface area contributed by atoms with E-state index in [-0.39, 0.29) is 5.56 Å². The van der Waals surface area contributed by atoms with Gasteiger partial charge in [-0.15, -0.1) is 0 Å². The first-order valence-corrected chi connectivity index (χ1v) is 6.46. The lowest BCUT2D eigenvalue weighted by Crippen LogP contribution is -2.31. The highest BCUT2D eigenvalue weighted by molar-refractivity contribution is 6.66. The fourth-order valence-corrected chi connectivity index (χ4v) is 2.27. The molecule has 1 aromatic rings. The Bertz CT molecular complexity index is 598. The normalized spacial score (nSPS) is 13.9. The maximum Gasteiger partial charge on any atom is 0.329 e. The van der Waals surface area contributed by atoms with E-state index in [2.05, 4.69) is 23.8 Å². The van der Waals surface area contributed by atoms with Crippen LogP contribution in [0.25, 0.3) is 0 Å². The molecule has 1 aromatic heterocycles. The number of nitrogens with one attached hydrogen (secondary N) is 1. The molecule has 5 nitrogen and oxygen atoms in total. The monoisotopic (exact) mass is 269 g/mol. The number of hydrogen-bond donors (Lipinski definition) is 1. The van der Waals surface area contributed by atoms with E-state index in [4.69, 9.17) is 11.6 Å². The lowest BCUT2D eigenvalue weighted by molar-refractivity contribution is 0.502. The predicted octanol–water partition coefficient (Wildman–Crippen LogP) is 1.80. The number of fused-ring (bicyclic) bond motifs is 1. The fraction of sp³-hybridized carbons (Fsp3) is 0.583. The van der Waals surface area contributed by atoms with Crippen LogP contribution in [0.5, 0.6) is 0 Å². The molecule has 1 N–H and O–H groups in total. The van der Waals surface area contributed by atoms with Crippen LogP contribution in [0.2, 0.25) is 0 Å². The second-order valence-corrected chi connectivity index (χ2v) is 5.35. The van der Waals surface area contributed by atoms with Gasteiger partial charge in [-0.05, 0) is 18.8 Å². The van der Waals surface area contributed by atoms with E-state index in [0.717, 1.165) is 12.8 Å². The molecule has 0 saturated heterocycles. The quantitative estimate of drug-likeness (QED) is 0.906. The Hall–Kier alpha value is -1.36. The van der Waals surface area contributed by atoms with Gasteiger partial charge in [0.05, 0.1) is 5.56 Å². The molecule has 0 radical (unpaired) electrons. The van der Waals surface area contributed by atoms with E-state index < -0.39 is 5.69 Å². The van der Waals surface area contributed by atoms with Gasteiger partial charge in [0, 0.05) is 13.0 Å². The third-order valence-electron chi connectivity index (χ3n) is 2.98. The van der Waals surface area contributed by atoms with Gasteiger partial charge in [-0.3, -0.25) is 14.3 Å². The number of aromatic nitrogens is 2.